The Morgan fingerprint density at radius 1 is 1.34 bits per heavy atom. The molecule has 0 saturated carbocycles. The SMILES string of the molecule is CCN(CCNC(=O)[C@@H]1CCCN(c2cnn(C)c(=O)c2)C1)c1cccc(C)c1. The van der Waals surface area contributed by atoms with Crippen LogP contribution in [-0.2, 0) is 11.8 Å². The van der Waals surface area contributed by atoms with Gasteiger partial charge in [-0.05, 0) is 44.4 Å². The van der Waals surface area contributed by atoms with Crippen LogP contribution in [0.15, 0.2) is 41.3 Å². The first kappa shape index (κ1) is 20.9. The van der Waals surface area contributed by atoms with E-state index in [1.54, 1.807) is 19.3 Å². The number of piperidine rings is 1. The molecule has 0 spiro atoms. The van der Waals surface area contributed by atoms with Gasteiger partial charge in [-0.1, -0.05) is 12.1 Å². The van der Waals surface area contributed by atoms with E-state index in [0.717, 1.165) is 38.2 Å². The molecule has 1 fully saturated rings. The van der Waals surface area contributed by atoms with E-state index in [-0.39, 0.29) is 17.4 Å². The zero-order valence-electron chi connectivity index (χ0n) is 17.6. The van der Waals surface area contributed by atoms with Crippen molar-refractivity contribution >= 4 is 17.3 Å². The minimum Gasteiger partial charge on any atom is -0.370 e. The smallest absolute Gasteiger partial charge is 0.268 e. The molecule has 1 aromatic carbocycles. The molecule has 7 heteroatoms. The number of benzene rings is 1. The number of nitrogens with one attached hydrogen (secondary N) is 1. The fourth-order valence-corrected chi connectivity index (χ4v) is 3.81. The Kier molecular flexibility index (Phi) is 6.90. The van der Waals surface area contributed by atoms with Crippen LogP contribution in [0.5, 0.6) is 0 Å². The van der Waals surface area contributed by atoms with Crippen LogP contribution in [0.3, 0.4) is 0 Å². The van der Waals surface area contributed by atoms with E-state index in [0.29, 0.717) is 13.1 Å². The number of aromatic nitrogens is 2. The Morgan fingerprint density at radius 2 is 2.17 bits per heavy atom. The van der Waals surface area contributed by atoms with Crippen molar-refractivity contribution in [2.45, 2.75) is 26.7 Å². The fraction of sp³-hybridized carbons (Fsp3) is 0.500. The van der Waals surface area contributed by atoms with Crippen molar-refractivity contribution in [2.75, 3.05) is 42.5 Å². The van der Waals surface area contributed by atoms with Crippen LogP contribution in [0.4, 0.5) is 11.4 Å². The van der Waals surface area contributed by atoms with Gasteiger partial charge in [0, 0.05) is 51.5 Å². The minimum atomic E-state index is -0.134. The summed E-state index contributed by atoms with van der Waals surface area (Å²) in [6.07, 6.45) is 3.50. The van der Waals surface area contributed by atoms with Crippen molar-refractivity contribution < 1.29 is 4.79 Å². The van der Waals surface area contributed by atoms with Crippen LogP contribution in [0, 0.1) is 12.8 Å². The van der Waals surface area contributed by atoms with E-state index in [1.807, 2.05) is 0 Å². The van der Waals surface area contributed by atoms with Gasteiger partial charge in [0.25, 0.3) is 5.56 Å². The summed E-state index contributed by atoms with van der Waals surface area (Å²) in [5, 5.41) is 7.20. The molecule has 0 radical (unpaired) electrons. The Morgan fingerprint density at radius 3 is 2.90 bits per heavy atom. The number of aryl methyl sites for hydroxylation is 2. The third kappa shape index (κ3) is 5.37. The van der Waals surface area contributed by atoms with Crippen LogP contribution in [0.25, 0.3) is 0 Å². The monoisotopic (exact) mass is 397 g/mol. The number of rotatable bonds is 7. The van der Waals surface area contributed by atoms with Crippen LogP contribution in [-0.4, -0.2) is 48.4 Å². The predicted molar refractivity (Wildman–Crippen MR) is 116 cm³/mol. The molecule has 0 bridgehead atoms. The molecule has 1 aromatic heterocycles. The molecule has 3 rings (SSSR count). The highest BCUT2D eigenvalue weighted by molar-refractivity contribution is 5.79. The van der Waals surface area contributed by atoms with Gasteiger partial charge < -0.3 is 15.1 Å². The third-order valence-electron chi connectivity index (χ3n) is 5.54. The molecular formula is C22H31N5O2. The zero-order chi connectivity index (χ0) is 20.8. The number of carbonyl (C=O) groups is 1. The first-order chi connectivity index (χ1) is 14.0. The average molecular weight is 398 g/mol. The van der Waals surface area contributed by atoms with Gasteiger partial charge in [0.2, 0.25) is 5.91 Å². The first-order valence-corrected chi connectivity index (χ1v) is 10.4. The van der Waals surface area contributed by atoms with Crippen LogP contribution >= 0.6 is 0 Å². The predicted octanol–water partition coefficient (Wildman–Crippen LogP) is 1.95. The van der Waals surface area contributed by atoms with Crippen LogP contribution in [0.1, 0.15) is 25.3 Å². The quantitative estimate of drug-likeness (QED) is 0.773. The highest BCUT2D eigenvalue weighted by atomic mass is 16.2. The average Bonchev–Trinajstić information content (AvgIpc) is 2.73. The standard InChI is InChI=1S/C22H31N5O2/c1-4-26(19-9-5-7-17(2)13-19)12-10-23-22(29)18-8-6-11-27(16-18)20-14-21(28)25(3)24-15-20/h5,7,9,13-15,18H,4,6,8,10-12,16H2,1-3H3,(H,23,29)/t18-/m1/s1. The first-order valence-electron chi connectivity index (χ1n) is 10.4. The molecule has 1 atom stereocenters. The number of anilines is 2. The molecule has 2 heterocycles. The fourth-order valence-electron chi connectivity index (χ4n) is 3.81. The zero-order valence-corrected chi connectivity index (χ0v) is 17.6. The molecule has 1 aliphatic heterocycles. The van der Waals surface area contributed by atoms with Crippen LogP contribution in [0.2, 0.25) is 0 Å². The Labute approximate surface area is 172 Å². The Hall–Kier alpha value is -2.83. The normalized spacial score (nSPS) is 16.5. The van der Waals surface area contributed by atoms with Crippen molar-refractivity contribution in [1.29, 1.82) is 0 Å². The number of nitrogens with zero attached hydrogens (tertiary/aromatic N) is 4. The lowest BCUT2D eigenvalue weighted by Gasteiger charge is -2.33. The number of carbonyl (C=O) groups excluding carboxylic acids is 1. The summed E-state index contributed by atoms with van der Waals surface area (Å²) in [7, 11) is 1.63. The van der Waals surface area contributed by atoms with Gasteiger partial charge in [0.05, 0.1) is 17.8 Å². The molecule has 29 heavy (non-hydrogen) atoms. The number of hydrogen-bond acceptors (Lipinski definition) is 5. The molecule has 1 amide bonds. The molecule has 0 unspecified atom stereocenters. The van der Waals surface area contributed by atoms with Gasteiger partial charge in [-0.25, -0.2) is 4.68 Å². The molecular weight excluding hydrogens is 366 g/mol. The maximum absolute atomic E-state index is 12.7. The van der Waals surface area contributed by atoms with E-state index in [1.165, 1.54) is 15.9 Å². The lowest BCUT2D eigenvalue weighted by molar-refractivity contribution is -0.125. The lowest BCUT2D eigenvalue weighted by atomic mass is 9.97. The summed E-state index contributed by atoms with van der Waals surface area (Å²) in [6, 6.07) is 10.0. The highest BCUT2D eigenvalue weighted by Crippen LogP contribution is 2.22. The van der Waals surface area contributed by atoms with E-state index in [4.69, 9.17) is 0 Å². The third-order valence-corrected chi connectivity index (χ3v) is 5.54. The van der Waals surface area contributed by atoms with Gasteiger partial charge in [-0.3, -0.25) is 9.59 Å². The Balaban J connectivity index is 1.53. The number of likely N-dealkylation sites (N-methyl/N-ethyl adjacent to an activating group) is 1. The molecule has 156 valence electrons. The van der Waals surface area contributed by atoms with Crippen molar-refractivity contribution in [1.82, 2.24) is 15.1 Å². The minimum absolute atomic E-state index is 0.0677. The summed E-state index contributed by atoms with van der Waals surface area (Å²) in [4.78, 5) is 28.9. The Bertz CT molecular complexity index is 895. The van der Waals surface area contributed by atoms with Crippen molar-refractivity contribution in [3.8, 4) is 0 Å². The van der Waals surface area contributed by atoms with Gasteiger partial charge in [0.15, 0.2) is 0 Å². The van der Waals surface area contributed by atoms with Crippen LogP contribution < -0.4 is 20.7 Å². The summed E-state index contributed by atoms with van der Waals surface area (Å²) < 4.78 is 1.31. The second-order valence-corrected chi connectivity index (χ2v) is 7.67. The van der Waals surface area contributed by atoms with E-state index < -0.39 is 0 Å². The largest absolute Gasteiger partial charge is 0.370 e. The maximum Gasteiger partial charge on any atom is 0.268 e. The molecule has 0 aliphatic carbocycles. The van der Waals surface area contributed by atoms with Gasteiger partial charge in [0.1, 0.15) is 0 Å². The van der Waals surface area contributed by atoms with Crippen molar-refractivity contribution in [2.24, 2.45) is 13.0 Å². The topological polar surface area (TPSA) is 70.5 Å². The number of hydrogen-bond donors (Lipinski definition) is 1. The summed E-state index contributed by atoms with van der Waals surface area (Å²) in [5.74, 6) is 0.0219. The summed E-state index contributed by atoms with van der Waals surface area (Å²) >= 11 is 0. The summed E-state index contributed by atoms with van der Waals surface area (Å²) in [5.41, 5.74) is 3.08. The lowest BCUT2D eigenvalue weighted by Crippen LogP contribution is -2.45. The molecule has 1 aliphatic rings. The second kappa shape index (κ2) is 9.58. The van der Waals surface area contributed by atoms with E-state index in [2.05, 4.69) is 58.3 Å². The van der Waals surface area contributed by atoms with E-state index in [9.17, 15) is 9.59 Å². The van der Waals surface area contributed by atoms with Crippen molar-refractivity contribution in [3.05, 3.63) is 52.4 Å². The molecule has 7 nitrogen and oxygen atoms in total. The maximum atomic E-state index is 12.7. The van der Waals surface area contributed by atoms with Gasteiger partial charge in [-0.2, -0.15) is 5.10 Å². The highest BCUT2D eigenvalue weighted by Gasteiger charge is 2.26. The van der Waals surface area contributed by atoms with Gasteiger partial charge in [-0.15, -0.1) is 0 Å². The molecule has 2 aromatic rings. The van der Waals surface area contributed by atoms with E-state index >= 15 is 0 Å². The second-order valence-electron chi connectivity index (χ2n) is 7.67. The number of amides is 1. The van der Waals surface area contributed by atoms with Crippen molar-refractivity contribution in [3.63, 3.8) is 0 Å². The van der Waals surface area contributed by atoms with Gasteiger partial charge >= 0.3 is 0 Å². The molecule has 1 N–H and O–H groups in total. The summed E-state index contributed by atoms with van der Waals surface area (Å²) in [6.45, 7) is 7.97. The molecule has 1 saturated heterocycles.